The molecule has 2 saturated heterocycles. The van der Waals surface area contributed by atoms with Crippen LogP contribution in [0.5, 0.6) is 0 Å². The van der Waals surface area contributed by atoms with Crippen LogP contribution < -0.4 is 5.32 Å². The molecule has 3 N–H and O–H groups in total. The summed E-state index contributed by atoms with van der Waals surface area (Å²) in [5.74, 6) is -2.17. The quantitative estimate of drug-likeness (QED) is 0.244. The van der Waals surface area contributed by atoms with Gasteiger partial charge in [0.05, 0.1) is 11.5 Å². The topological polar surface area (TPSA) is 126 Å². The van der Waals surface area contributed by atoms with Crippen LogP contribution in [-0.2, 0) is 16.0 Å². The van der Waals surface area contributed by atoms with Crippen LogP contribution in [0, 0.1) is 17.1 Å². The SMILES string of the molecule is CC(C)(C=C(C#N)C(=O)N1CCC[C@]1(C)COC(=O)N[C@@H](Cc1ccc(F)cc1)B(O)O)N1C[C@@H](F)[C@@H](F)C1. The number of hydrogen-bond donors (Lipinski definition) is 3. The van der Waals surface area contributed by atoms with E-state index < -0.39 is 54.3 Å². The van der Waals surface area contributed by atoms with E-state index in [1.54, 1.807) is 25.7 Å². The smallest absolute Gasteiger partial charge is 0.447 e. The maximum Gasteiger partial charge on any atom is 0.475 e. The van der Waals surface area contributed by atoms with Crippen molar-refractivity contribution < 1.29 is 37.5 Å². The number of ether oxygens (including phenoxy) is 1. The molecule has 212 valence electrons. The molecule has 2 aliphatic heterocycles. The molecule has 1 aromatic carbocycles. The third-order valence-electron chi connectivity index (χ3n) is 7.39. The van der Waals surface area contributed by atoms with Crippen LogP contribution in [0.15, 0.2) is 35.9 Å². The monoisotopic (exact) mass is 550 g/mol. The van der Waals surface area contributed by atoms with Crippen molar-refractivity contribution in [2.75, 3.05) is 26.2 Å². The van der Waals surface area contributed by atoms with E-state index in [0.717, 1.165) is 0 Å². The molecule has 13 heteroatoms. The fraction of sp³-hybridized carbons (Fsp3) is 0.577. The molecular formula is C26H34BF3N4O5. The molecule has 2 aliphatic rings. The average molecular weight is 550 g/mol. The van der Waals surface area contributed by atoms with Crippen molar-refractivity contribution in [1.82, 2.24) is 15.1 Å². The molecule has 0 saturated carbocycles. The van der Waals surface area contributed by atoms with Gasteiger partial charge in [-0.1, -0.05) is 12.1 Å². The summed E-state index contributed by atoms with van der Waals surface area (Å²) in [6.45, 7) is 4.86. The number of benzene rings is 1. The fourth-order valence-corrected chi connectivity index (χ4v) is 4.97. The minimum Gasteiger partial charge on any atom is -0.447 e. The first-order valence-electron chi connectivity index (χ1n) is 12.8. The van der Waals surface area contributed by atoms with Crippen molar-refractivity contribution in [3.8, 4) is 6.07 Å². The summed E-state index contributed by atoms with van der Waals surface area (Å²) >= 11 is 0. The van der Waals surface area contributed by atoms with Crippen LogP contribution in [0.2, 0.25) is 0 Å². The predicted molar refractivity (Wildman–Crippen MR) is 137 cm³/mol. The standard InChI is InChI=1S/C26H34BF3N4O5/c1-25(2,33-14-20(29)21(30)15-33)12-18(13-31)23(35)34-10-4-9-26(34,3)16-39-24(36)32-22(27(37)38)11-17-5-7-19(28)8-6-17/h5-8,12,20-22,37-38H,4,9-11,14-16H2,1-3H3,(H,32,36)/t20-,21+,22-,26+/m0/s1. The van der Waals surface area contributed by atoms with E-state index in [0.29, 0.717) is 24.9 Å². The summed E-state index contributed by atoms with van der Waals surface area (Å²) in [5.41, 5.74) is -1.52. The molecule has 0 spiro atoms. The second-order valence-corrected chi connectivity index (χ2v) is 10.9. The van der Waals surface area contributed by atoms with E-state index in [2.05, 4.69) is 5.32 Å². The number of hydrogen-bond acceptors (Lipinski definition) is 7. The summed E-state index contributed by atoms with van der Waals surface area (Å²) in [7, 11) is -1.91. The molecular weight excluding hydrogens is 516 g/mol. The zero-order valence-corrected chi connectivity index (χ0v) is 22.2. The minimum atomic E-state index is -1.91. The van der Waals surface area contributed by atoms with E-state index >= 15 is 0 Å². The summed E-state index contributed by atoms with van der Waals surface area (Å²) in [5, 5.41) is 31.5. The van der Waals surface area contributed by atoms with Gasteiger partial charge in [0.25, 0.3) is 5.91 Å². The Hall–Kier alpha value is -3.08. The molecule has 9 nitrogen and oxygen atoms in total. The molecule has 0 aliphatic carbocycles. The van der Waals surface area contributed by atoms with Crippen LogP contribution in [0.3, 0.4) is 0 Å². The van der Waals surface area contributed by atoms with Crippen molar-refractivity contribution in [3.05, 3.63) is 47.3 Å². The number of rotatable bonds is 9. The zero-order valence-electron chi connectivity index (χ0n) is 22.2. The highest BCUT2D eigenvalue weighted by atomic mass is 19.2. The van der Waals surface area contributed by atoms with Gasteiger partial charge in [0.1, 0.15) is 36.4 Å². The molecule has 0 aromatic heterocycles. The van der Waals surface area contributed by atoms with E-state index in [1.165, 1.54) is 35.2 Å². The Kier molecular flexibility index (Phi) is 9.69. The third-order valence-corrected chi connectivity index (χ3v) is 7.39. The number of likely N-dealkylation sites (tertiary alicyclic amines) is 2. The highest BCUT2D eigenvalue weighted by Crippen LogP contribution is 2.32. The van der Waals surface area contributed by atoms with Gasteiger partial charge < -0.3 is 25.0 Å². The van der Waals surface area contributed by atoms with Gasteiger partial charge in [0.2, 0.25) is 0 Å². The van der Waals surface area contributed by atoms with Gasteiger partial charge in [0, 0.05) is 25.2 Å². The number of nitriles is 1. The van der Waals surface area contributed by atoms with E-state index in [4.69, 9.17) is 4.74 Å². The zero-order chi connectivity index (χ0) is 29.0. The molecule has 1 aromatic rings. The van der Waals surface area contributed by atoms with Gasteiger partial charge in [-0.15, -0.1) is 0 Å². The molecule has 0 unspecified atom stereocenters. The van der Waals surface area contributed by atoms with Crippen molar-refractivity contribution in [3.63, 3.8) is 0 Å². The number of halogens is 3. The highest BCUT2D eigenvalue weighted by Gasteiger charge is 2.44. The van der Waals surface area contributed by atoms with Gasteiger partial charge in [-0.25, -0.2) is 18.0 Å². The Bertz CT molecular complexity index is 1100. The second-order valence-electron chi connectivity index (χ2n) is 10.9. The van der Waals surface area contributed by atoms with Gasteiger partial charge in [-0.05, 0) is 63.8 Å². The third kappa shape index (κ3) is 7.53. The van der Waals surface area contributed by atoms with Crippen LogP contribution in [0.1, 0.15) is 39.2 Å². The summed E-state index contributed by atoms with van der Waals surface area (Å²) in [6.07, 6.45) is -1.72. The van der Waals surface area contributed by atoms with E-state index in [9.17, 15) is 38.1 Å². The average Bonchev–Trinajstić information content (AvgIpc) is 3.44. The normalized spacial score (nSPS) is 24.8. The lowest BCUT2D eigenvalue weighted by Gasteiger charge is -2.36. The van der Waals surface area contributed by atoms with E-state index in [-0.39, 0.29) is 31.7 Å². The van der Waals surface area contributed by atoms with Crippen LogP contribution in [0.25, 0.3) is 0 Å². The number of nitrogens with one attached hydrogen (secondary N) is 1. The van der Waals surface area contributed by atoms with Crippen LogP contribution in [-0.4, -0.2) is 94.6 Å². The highest BCUT2D eigenvalue weighted by molar-refractivity contribution is 6.43. The molecule has 4 atom stereocenters. The van der Waals surface area contributed by atoms with Gasteiger partial charge >= 0.3 is 13.2 Å². The number of nitrogens with zero attached hydrogens (tertiary/aromatic N) is 3. The number of alkyl halides is 2. The van der Waals surface area contributed by atoms with Gasteiger partial charge in [-0.2, -0.15) is 5.26 Å². The number of carbonyl (C=O) groups is 2. The molecule has 2 fully saturated rings. The fourth-order valence-electron chi connectivity index (χ4n) is 4.97. The number of amides is 2. The Morgan fingerprint density at radius 3 is 2.46 bits per heavy atom. The molecule has 0 bridgehead atoms. The Balaban J connectivity index is 1.64. The van der Waals surface area contributed by atoms with E-state index in [1.807, 2.05) is 6.07 Å². The van der Waals surface area contributed by atoms with Crippen molar-refractivity contribution in [2.24, 2.45) is 0 Å². The molecule has 2 heterocycles. The number of carbonyl (C=O) groups excluding carboxylic acids is 2. The lowest BCUT2D eigenvalue weighted by atomic mass is 9.76. The lowest BCUT2D eigenvalue weighted by molar-refractivity contribution is -0.131. The Morgan fingerprint density at radius 1 is 1.28 bits per heavy atom. The maximum absolute atomic E-state index is 13.8. The largest absolute Gasteiger partial charge is 0.475 e. The van der Waals surface area contributed by atoms with Crippen LogP contribution >= 0.6 is 0 Å². The molecule has 39 heavy (non-hydrogen) atoms. The first kappa shape index (κ1) is 30.5. The Morgan fingerprint density at radius 2 is 1.90 bits per heavy atom. The lowest BCUT2D eigenvalue weighted by Crippen LogP contribution is -2.52. The first-order chi connectivity index (χ1) is 18.3. The summed E-state index contributed by atoms with van der Waals surface area (Å²) < 4.78 is 46.0. The molecule has 2 amide bonds. The maximum atomic E-state index is 13.8. The molecule has 0 radical (unpaired) electrons. The minimum absolute atomic E-state index is 0.00432. The van der Waals surface area contributed by atoms with Crippen LogP contribution in [0.4, 0.5) is 18.0 Å². The van der Waals surface area contributed by atoms with Gasteiger partial charge in [0.15, 0.2) is 0 Å². The number of alkyl carbamates (subject to hydrolysis) is 1. The van der Waals surface area contributed by atoms with Crippen molar-refractivity contribution in [1.29, 1.82) is 5.26 Å². The first-order valence-corrected chi connectivity index (χ1v) is 12.8. The predicted octanol–water partition coefficient (Wildman–Crippen LogP) is 2.08. The van der Waals surface area contributed by atoms with Crippen molar-refractivity contribution >= 4 is 19.1 Å². The summed E-state index contributed by atoms with van der Waals surface area (Å²) in [4.78, 5) is 28.9. The summed E-state index contributed by atoms with van der Waals surface area (Å²) in [6, 6.07) is 7.25. The molecule has 3 rings (SSSR count). The Labute approximate surface area is 226 Å². The van der Waals surface area contributed by atoms with Gasteiger partial charge in [-0.3, -0.25) is 9.69 Å². The van der Waals surface area contributed by atoms with Crippen molar-refractivity contribution in [2.45, 2.75) is 69.4 Å². The second kappa shape index (κ2) is 12.4.